The number of hydrogen-bond donors (Lipinski definition) is 2. The highest BCUT2D eigenvalue weighted by atomic mass is 32.1. The van der Waals surface area contributed by atoms with E-state index in [1.807, 2.05) is 0 Å². The van der Waals surface area contributed by atoms with Crippen LogP contribution in [-0.4, -0.2) is 54.3 Å². The zero-order valence-electron chi connectivity index (χ0n) is 20.1. The number of anilines is 1. The number of nitrogens with one attached hydrogen (secondary N) is 1. The summed E-state index contributed by atoms with van der Waals surface area (Å²) in [6.07, 6.45) is 3.33. The number of carbonyl (C=O) groups is 4. The van der Waals surface area contributed by atoms with Gasteiger partial charge in [-0.1, -0.05) is 12.1 Å². The number of aromatic carboxylic acids is 1. The molecule has 0 radical (unpaired) electrons. The Morgan fingerprint density at radius 1 is 1.19 bits per heavy atom. The zero-order valence-corrected chi connectivity index (χ0v) is 20.9. The molecule has 1 saturated heterocycles. The maximum atomic E-state index is 13.4. The van der Waals surface area contributed by atoms with Gasteiger partial charge in [0.05, 0.1) is 25.0 Å². The number of rotatable bonds is 10. The van der Waals surface area contributed by atoms with Gasteiger partial charge in [-0.3, -0.25) is 19.8 Å². The summed E-state index contributed by atoms with van der Waals surface area (Å²) in [5.41, 5.74) is 0.950. The molecule has 1 aliphatic rings. The highest BCUT2D eigenvalue weighted by Crippen LogP contribution is 2.35. The lowest BCUT2D eigenvalue weighted by Crippen LogP contribution is -2.54. The Morgan fingerprint density at radius 2 is 1.95 bits per heavy atom. The number of thiocarbonyl (C=S) groups is 1. The molecule has 2 N–H and O–H groups in total. The number of methoxy groups -OCH3 is 1. The minimum atomic E-state index is -1.18. The normalized spacial score (nSPS) is 14.3. The zero-order chi connectivity index (χ0) is 27.1. The summed E-state index contributed by atoms with van der Waals surface area (Å²) >= 11 is 5.19. The molecular weight excluding hydrogens is 500 g/mol. The first kappa shape index (κ1) is 27.1. The first-order valence-electron chi connectivity index (χ1n) is 11.0. The summed E-state index contributed by atoms with van der Waals surface area (Å²) in [7, 11) is 1.24. The molecule has 2 aromatic rings. The topological polar surface area (TPSA) is 131 Å². The largest absolute Gasteiger partial charge is 0.490 e. The summed E-state index contributed by atoms with van der Waals surface area (Å²) in [6.45, 7) is 5.45. The molecule has 0 unspecified atom stereocenters. The molecule has 0 aromatic heterocycles. The van der Waals surface area contributed by atoms with Crippen LogP contribution in [0.25, 0.3) is 6.08 Å². The molecule has 37 heavy (non-hydrogen) atoms. The van der Waals surface area contributed by atoms with E-state index in [1.165, 1.54) is 37.5 Å². The summed E-state index contributed by atoms with van der Waals surface area (Å²) in [4.78, 5) is 50.2. The molecule has 1 fully saturated rings. The van der Waals surface area contributed by atoms with Crippen molar-refractivity contribution < 1.29 is 38.5 Å². The van der Waals surface area contributed by atoms with Crippen molar-refractivity contribution in [1.82, 2.24) is 5.32 Å². The van der Waals surface area contributed by atoms with Gasteiger partial charge in [-0.05, 0) is 67.5 Å². The second-order valence-electron chi connectivity index (χ2n) is 7.61. The second kappa shape index (κ2) is 12.0. The van der Waals surface area contributed by atoms with Gasteiger partial charge in [0.1, 0.15) is 5.57 Å². The number of carboxylic acids is 1. The molecular formula is C26H24N2O8S. The molecule has 2 aromatic carbocycles. The molecule has 1 heterocycles. The van der Waals surface area contributed by atoms with Crippen LogP contribution >= 0.6 is 12.2 Å². The van der Waals surface area contributed by atoms with Gasteiger partial charge in [0.2, 0.25) is 0 Å². The van der Waals surface area contributed by atoms with Gasteiger partial charge in [0.25, 0.3) is 11.8 Å². The molecule has 0 spiro atoms. The maximum absolute atomic E-state index is 13.4. The molecule has 11 heteroatoms. The Kier molecular flexibility index (Phi) is 8.75. The number of benzene rings is 2. The molecule has 10 nitrogen and oxygen atoms in total. The van der Waals surface area contributed by atoms with Crippen LogP contribution in [0.5, 0.6) is 11.5 Å². The van der Waals surface area contributed by atoms with Crippen molar-refractivity contribution in [1.29, 1.82) is 0 Å². The monoisotopic (exact) mass is 524 g/mol. The molecule has 3 rings (SSSR count). The van der Waals surface area contributed by atoms with Gasteiger partial charge in [-0.15, -0.1) is 6.58 Å². The first-order valence-corrected chi connectivity index (χ1v) is 11.5. The third-order valence-electron chi connectivity index (χ3n) is 5.14. The molecule has 192 valence electrons. The van der Waals surface area contributed by atoms with Crippen molar-refractivity contribution in [3.63, 3.8) is 0 Å². The number of hydrogen-bond acceptors (Lipinski definition) is 8. The van der Waals surface area contributed by atoms with Gasteiger partial charge in [-0.2, -0.15) is 0 Å². The van der Waals surface area contributed by atoms with E-state index in [4.69, 9.17) is 21.7 Å². The number of allylic oxidation sites excluding steroid dienone is 1. The average Bonchev–Trinajstić information content (AvgIpc) is 2.86. The lowest BCUT2D eigenvalue weighted by Gasteiger charge is -2.29. The fourth-order valence-electron chi connectivity index (χ4n) is 3.53. The summed E-state index contributed by atoms with van der Waals surface area (Å²) in [6, 6.07) is 8.88. The lowest BCUT2D eigenvalue weighted by atomic mass is 10.0. The van der Waals surface area contributed by atoms with Crippen molar-refractivity contribution in [2.75, 3.05) is 25.2 Å². The molecule has 0 bridgehead atoms. The van der Waals surface area contributed by atoms with E-state index in [2.05, 4.69) is 16.6 Å². The van der Waals surface area contributed by atoms with Gasteiger partial charge in [0, 0.05) is 5.56 Å². The Labute approximate surface area is 218 Å². The Morgan fingerprint density at radius 3 is 2.59 bits per heavy atom. The molecule has 0 atom stereocenters. The van der Waals surface area contributed by atoms with Crippen LogP contribution in [0.2, 0.25) is 0 Å². The van der Waals surface area contributed by atoms with E-state index in [9.17, 15) is 24.3 Å². The van der Waals surface area contributed by atoms with E-state index in [0.717, 1.165) is 4.90 Å². The van der Waals surface area contributed by atoms with Gasteiger partial charge in [0.15, 0.2) is 23.2 Å². The van der Waals surface area contributed by atoms with Crippen LogP contribution in [-0.2, 0) is 25.5 Å². The van der Waals surface area contributed by atoms with E-state index in [1.54, 1.807) is 25.1 Å². The first-order chi connectivity index (χ1) is 17.7. The molecule has 1 aliphatic heterocycles. The summed E-state index contributed by atoms with van der Waals surface area (Å²) < 4.78 is 16.0. The summed E-state index contributed by atoms with van der Waals surface area (Å²) in [5.74, 6) is -2.60. The van der Waals surface area contributed by atoms with Crippen molar-refractivity contribution >= 4 is 52.8 Å². The number of carboxylic acid groups (broad SMARTS) is 1. The second-order valence-corrected chi connectivity index (χ2v) is 8.00. The van der Waals surface area contributed by atoms with Crippen LogP contribution in [0.15, 0.2) is 54.6 Å². The minimum absolute atomic E-state index is 0.0477. The summed E-state index contributed by atoms with van der Waals surface area (Å²) in [5, 5.41) is 11.6. The van der Waals surface area contributed by atoms with E-state index < -0.39 is 23.8 Å². The number of nitrogens with zero attached hydrogens (tertiary/aromatic N) is 1. The van der Waals surface area contributed by atoms with Crippen LogP contribution < -0.4 is 19.7 Å². The number of amides is 2. The van der Waals surface area contributed by atoms with E-state index >= 15 is 0 Å². The van der Waals surface area contributed by atoms with Crippen LogP contribution in [0.4, 0.5) is 5.69 Å². The average molecular weight is 525 g/mol. The number of esters is 1. The Bertz CT molecular complexity index is 1320. The van der Waals surface area contributed by atoms with Gasteiger partial charge in [-0.25, -0.2) is 9.59 Å². The Hall–Kier alpha value is -4.51. The predicted molar refractivity (Wildman–Crippen MR) is 139 cm³/mol. The fourth-order valence-corrected chi connectivity index (χ4v) is 3.81. The highest BCUT2D eigenvalue weighted by Gasteiger charge is 2.35. The number of carbonyl (C=O) groups excluding carboxylic acids is 3. The van der Waals surface area contributed by atoms with Gasteiger partial charge >= 0.3 is 11.9 Å². The molecule has 0 aliphatic carbocycles. The van der Waals surface area contributed by atoms with Crippen molar-refractivity contribution in [3.05, 3.63) is 71.3 Å². The third kappa shape index (κ3) is 6.19. The third-order valence-corrected chi connectivity index (χ3v) is 5.43. The fraction of sp³-hybridized carbons (Fsp3) is 0.192. The molecule has 0 saturated carbocycles. The van der Waals surface area contributed by atoms with Crippen molar-refractivity contribution in [3.8, 4) is 11.5 Å². The van der Waals surface area contributed by atoms with Crippen LogP contribution in [0.1, 0.15) is 28.4 Å². The lowest BCUT2D eigenvalue weighted by molar-refractivity contribution is -0.143. The standard InChI is InChI=1S/C26H24N2O8S/c1-4-7-16-10-15(12-20(35-5-2)22(16)36-14-21(29)34-3)11-19-23(30)27-26(37)28(24(19)31)18-9-6-8-17(13-18)25(32)33/h4,6,8-13H,1,5,7,14H2,2-3H3,(H,32,33)(H,27,30,37). The smallest absolute Gasteiger partial charge is 0.343 e. The number of ether oxygens (including phenoxy) is 3. The van der Waals surface area contributed by atoms with Crippen LogP contribution in [0, 0.1) is 0 Å². The van der Waals surface area contributed by atoms with Crippen LogP contribution in [0.3, 0.4) is 0 Å². The molecule has 2 amide bonds. The van der Waals surface area contributed by atoms with Crippen molar-refractivity contribution in [2.45, 2.75) is 13.3 Å². The quantitative estimate of drug-likeness (QED) is 0.158. The van der Waals surface area contributed by atoms with E-state index in [-0.39, 0.29) is 35.2 Å². The predicted octanol–water partition coefficient (Wildman–Crippen LogP) is 2.90. The van der Waals surface area contributed by atoms with E-state index in [0.29, 0.717) is 29.0 Å². The Balaban J connectivity index is 2.06. The van der Waals surface area contributed by atoms with Crippen molar-refractivity contribution in [2.24, 2.45) is 0 Å². The maximum Gasteiger partial charge on any atom is 0.343 e. The SMILES string of the molecule is C=CCc1cc(C=C2C(=O)NC(=S)N(c3cccc(C(=O)O)c3)C2=O)cc(OCC)c1OCC(=O)OC. The van der Waals surface area contributed by atoms with Gasteiger partial charge < -0.3 is 19.3 Å². The highest BCUT2D eigenvalue weighted by molar-refractivity contribution is 7.80. The minimum Gasteiger partial charge on any atom is -0.490 e.